The van der Waals surface area contributed by atoms with E-state index in [1.165, 1.54) is 36.0 Å². The summed E-state index contributed by atoms with van der Waals surface area (Å²) in [7, 11) is 5.85. The van der Waals surface area contributed by atoms with Crippen molar-refractivity contribution in [3.63, 3.8) is 0 Å². The van der Waals surface area contributed by atoms with Crippen molar-refractivity contribution in [2.45, 2.75) is 55.2 Å². The lowest BCUT2D eigenvalue weighted by molar-refractivity contribution is -0.896. The summed E-state index contributed by atoms with van der Waals surface area (Å²) in [4.78, 5) is 26.5. The predicted octanol–water partition coefficient (Wildman–Crippen LogP) is 7.35. The second-order valence-corrected chi connectivity index (χ2v) is 15.1. The average Bonchev–Trinajstić information content (AvgIpc) is 3.49. The minimum Gasteiger partial charge on any atom is -0.542 e. The summed E-state index contributed by atoms with van der Waals surface area (Å²) in [5.74, 6) is -3.55. The summed E-state index contributed by atoms with van der Waals surface area (Å²) in [6.45, 7) is 5.98. The van der Waals surface area contributed by atoms with Gasteiger partial charge >= 0.3 is 6.18 Å². The summed E-state index contributed by atoms with van der Waals surface area (Å²) in [5, 5.41) is 13.1. The molecule has 0 radical (unpaired) electrons. The van der Waals surface area contributed by atoms with E-state index in [1.54, 1.807) is 31.5 Å². The molecule has 1 aliphatic heterocycles. The molecule has 0 saturated carbocycles. The molecule has 8 nitrogen and oxygen atoms in total. The van der Waals surface area contributed by atoms with E-state index in [4.69, 9.17) is 42.8 Å². The van der Waals surface area contributed by atoms with E-state index < -0.39 is 23.4 Å². The Balaban J connectivity index is 0.000000785. The molecule has 4 aromatic rings. The second kappa shape index (κ2) is 16.4. The Bertz CT molecular complexity index is 1900. The standard InChI is InChI=1S/C34H36Cl2F2N4O2S.C2HF3O2/c1-34(2,22-8-13-27(35)30(17-22)44-5)31-18-39-33(41(31)25-11-9-23(37)10-12-25)45-20-26-28(36)15-21(16-29(26)38)32(43)40-24-7-6-14-42(3,4)19-24;3-2(4,5)1(6)7/h8-13,15-18,24H,6-7,14,19-20H2,1-5H3;(H,6,7)/t24-;/m0./s1. The summed E-state index contributed by atoms with van der Waals surface area (Å²) in [6.07, 6.45) is -1.52. The molecule has 0 bridgehead atoms. The first-order valence-corrected chi connectivity index (χ1v) is 17.7. The third kappa shape index (κ3) is 9.97. The van der Waals surface area contributed by atoms with E-state index in [1.807, 2.05) is 16.7 Å². The molecule has 0 spiro atoms. The van der Waals surface area contributed by atoms with Gasteiger partial charge in [0.15, 0.2) is 5.16 Å². The number of halogens is 7. The van der Waals surface area contributed by atoms with E-state index in [0.717, 1.165) is 41.7 Å². The molecule has 0 aliphatic carbocycles. The Kier molecular flexibility index (Phi) is 12.9. The molecule has 1 fully saturated rings. The number of amides is 1. The largest absolute Gasteiger partial charge is 0.542 e. The van der Waals surface area contributed by atoms with Gasteiger partial charge in [0.05, 0.1) is 57.2 Å². The molecular formula is C36H37Cl2F5N4O4S. The zero-order valence-corrected chi connectivity index (χ0v) is 31.2. The fraction of sp³-hybridized carbons (Fsp3) is 0.361. The van der Waals surface area contributed by atoms with Gasteiger partial charge in [0, 0.05) is 33.0 Å². The van der Waals surface area contributed by atoms with Crippen molar-refractivity contribution in [2.75, 3.05) is 34.3 Å². The Morgan fingerprint density at radius 1 is 1.06 bits per heavy atom. The number of piperidine rings is 1. The van der Waals surface area contributed by atoms with Crippen LogP contribution >= 0.6 is 35.0 Å². The molecule has 1 aliphatic rings. The number of nitrogens with one attached hydrogen (secondary N) is 1. The monoisotopic (exact) mass is 786 g/mol. The van der Waals surface area contributed by atoms with Gasteiger partial charge in [0.25, 0.3) is 5.91 Å². The molecular weight excluding hydrogens is 750 g/mol. The lowest BCUT2D eigenvalue weighted by Crippen LogP contribution is -2.55. The highest BCUT2D eigenvalue weighted by Gasteiger charge is 2.32. The normalized spacial score (nSPS) is 15.7. The van der Waals surface area contributed by atoms with Crippen molar-refractivity contribution in [3.8, 4) is 11.4 Å². The first kappa shape index (κ1) is 40.9. The van der Waals surface area contributed by atoms with E-state index in [9.17, 15) is 22.4 Å². The number of ether oxygens (including phenoxy) is 1. The topological polar surface area (TPSA) is 96.3 Å². The van der Waals surface area contributed by atoms with Crippen LogP contribution in [-0.4, -0.2) is 72.4 Å². The number of methoxy groups -OCH3 is 1. The number of rotatable bonds is 9. The molecule has 52 heavy (non-hydrogen) atoms. The van der Waals surface area contributed by atoms with Gasteiger partial charge in [-0.05, 0) is 66.9 Å². The second-order valence-electron chi connectivity index (χ2n) is 13.4. The van der Waals surface area contributed by atoms with E-state index in [-0.39, 0.29) is 39.7 Å². The summed E-state index contributed by atoms with van der Waals surface area (Å²) in [5.41, 5.74) is 2.33. The van der Waals surface area contributed by atoms with Crippen LogP contribution in [0.25, 0.3) is 5.69 Å². The smallest absolute Gasteiger partial charge is 0.430 e. The van der Waals surface area contributed by atoms with Crippen molar-refractivity contribution in [1.82, 2.24) is 14.9 Å². The van der Waals surface area contributed by atoms with Crippen LogP contribution in [0, 0.1) is 11.6 Å². The highest BCUT2D eigenvalue weighted by Crippen LogP contribution is 2.40. The number of carboxylic acid groups (broad SMARTS) is 1. The number of carbonyl (C=O) groups is 2. The number of carbonyl (C=O) groups excluding carboxylic acids is 2. The number of hydrogen-bond donors (Lipinski definition) is 1. The summed E-state index contributed by atoms with van der Waals surface area (Å²) >= 11 is 14.2. The number of hydrogen-bond acceptors (Lipinski definition) is 6. The molecule has 1 saturated heterocycles. The zero-order valence-electron chi connectivity index (χ0n) is 28.9. The molecule has 1 N–H and O–H groups in total. The molecule has 280 valence electrons. The molecule has 5 rings (SSSR count). The van der Waals surface area contributed by atoms with Crippen molar-refractivity contribution in [1.29, 1.82) is 0 Å². The SMILES string of the molecule is COc1cc(C(C)(C)c2cnc(SCc3c(F)cc(C(=O)N[C@H]4CCC[N+](C)(C)C4)cc3Cl)n2-c2ccc(F)cc2)ccc1Cl.O=C([O-])C(F)(F)F. The maximum atomic E-state index is 15.5. The van der Waals surface area contributed by atoms with Crippen LogP contribution in [0.15, 0.2) is 66.0 Å². The van der Waals surface area contributed by atoms with Crippen LogP contribution < -0.4 is 15.2 Å². The quantitative estimate of drug-likeness (QED) is 0.108. The number of benzene rings is 3. The average molecular weight is 788 g/mol. The van der Waals surface area contributed by atoms with Crippen LogP contribution in [-0.2, 0) is 16.0 Å². The number of alkyl halides is 3. The van der Waals surface area contributed by atoms with Gasteiger partial charge < -0.3 is 24.4 Å². The molecule has 1 amide bonds. The maximum Gasteiger partial charge on any atom is 0.430 e. The number of imidazole rings is 1. The van der Waals surface area contributed by atoms with Crippen molar-refractivity contribution < 1.29 is 45.9 Å². The minimum atomic E-state index is -5.19. The summed E-state index contributed by atoms with van der Waals surface area (Å²) in [6, 6.07) is 14.5. The zero-order chi connectivity index (χ0) is 38.6. The van der Waals surface area contributed by atoms with Crippen LogP contribution in [0.3, 0.4) is 0 Å². The Morgan fingerprint density at radius 2 is 1.71 bits per heavy atom. The Hall–Kier alpha value is -3.85. The number of quaternary nitrogens is 1. The fourth-order valence-corrected chi connectivity index (χ4v) is 7.43. The van der Waals surface area contributed by atoms with Gasteiger partial charge in [0.1, 0.15) is 23.4 Å². The van der Waals surface area contributed by atoms with Gasteiger partial charge in [0.2, 0.25) is 0 Å². The van der Waals surface area contributed by atoms with E-state index >= 15 is 4.39 Å². The van der Waals surface area contributed by atoms with Gasteiger partial charge in [-0.3, -0.25) is 9.36 Å². The van der Waals surface area contributed by atoms with Gasteiger partial charge in [-0.25, -0.2) is 13.8 Å². The number of carboxylic acids is 1. The van der Waals surface area contributed by atoms with Crippen LogP contribution in [0.1, 0.15) is 53.9 Å². The van der Waals surface area contributed by atoms with E-state index in [2.05, 4.69) is 33.3 Å². The predicted molar refractivity (Wildman–Crippen MR) is 188 cm³/mol. The van der Waals surface area contributed by atoms with Crippen LogP contribution in [0.4, 0.5) is 22.0 Å². The molecule has 1 atom stereocenters. The van der Waals surface area contributed by atoms with E-state index in [0.29, 0.717) is 21.6 Å². The third-order valence-corrected chi connectivity index (χ3v) is 10.3. The van der Waals surface area contributed by atoms with Crippen molar-refractivity contribution >= 4 is 46.8 Å². The lowest BCUT2D eigenvalue weighted by Gasteiger charge is -2.38. The highest BCUT2D eigenvalue weighted by molar-refractivity contribution is 7.98. The van der Waals surface area contributed by atoms with Crippen molar-refractivity contribution in [3.05, 3.63) is 105 Å². The van der Waals surface area contributed by atoms with Gasteiger partial charge in [-0.2, -0.15) is 13.2 Å². The number of likely N-dealkylation sites (N-methyl/N-ethyl adjacent to an activating group) is 1. The third-order valence-electron chi connectivity index (χ3n) is 8.67. The van der Waals surface area contributed by atoms with Crippen LogP contribution in [0.2, 0.25) is 10.0 Å². The van der Waals surface area contributed by atoms with Crippen LogP contribution in [0.5, 0.6) is 5.75 Å². The molecule has 1 aromatic heterocycles. The first-order valence-electron chi connectivity index (χ1n) is 15.9. The number of aliphatic carboxylic acids is 1. The maximum absolute atomic E-state index is 15.5. The van der Waals surface area contributed by atoms with Gasteiger partial charge in [-0.15, -0.1) is 0 Å². The van der Waals surface area contributed by atoms with Crippen molar-refractivity contribution in [2.24, 2.45) is 0 Å². The highest BCUT2D eigenvalue weighted by atomic mass is 35.5. The lowest BCUT2D eigenvalue weighted by atomic mass is 9.81. The number of nitrogens with zero attached hydrogens (tertiary/aromatic N) is 3. The molecule has 3 aromatic carbocycles. The fourth-order valence-electron chi connectivity index (χ4n) is 5.85. The minimum absolute atomic E-state index is 0.0241. The molecule has 2 heterocycles. The molecule has 0 unspecified atom stereocenters. The number of aromatic nitrogens is 2. The molecule has 16 heteroatoms. The summed E-state index contributed by atoms with van der Waals surface area (Å²) < 4.78 is 69.2. The Labute approximate surface area is 312 Å². The number of thioether (sulfide) groups is 1. The Morgan fingerprint density at radius 3 is 2.29 bits per heavy atom. The van der Waals surface area contributed by atoms with Gasteiger partial charge in [-0.1, -0.05) is 54.9 Å². The first-order chi connectivity index (χ1) is 24.2. The number of likely N-dealkylation sites (tertiary alicyclic amines) is 1.